The van der Waals surface area contributed by atoms with Crippen LogP contribution >= 0.6 is 11.6 Å². The lowest BCUT2D eigenvalue weighted by atomic mass is 9.86. The van der Waals surface area contributed by atoms with Gasteiger partial charge in [0.05, 0.1) is 23.0 Å². The first-order chi connectivity index (χ1) is 20.2. The van der Waals surface area contributed by atoms with Crippen molar-refractivity contribution in [1.29, 1.82) is 0 Å². The molecule has 0 spiro atoms. The Labute approximate surface area is 244 Å². The average molecular weight is 555 g/mol. The Bertz CT molecular complexity index is 1750. The monoisotopic (exact) mass is 554 g/mol. The summed E-state index contributed by atoms with van der Waals surface area (Å²) in [6, 6.07) is 45.2. The molecule has 2 atom stereocenters. The maximum absolute atomic E-state index is 15.1. The third-order valence-corrected chi connectivity index (χ3v) is 8.18. The first-order valence-electron chi connectivity index (χ1n) is 13.7. The van der Waals surface area contributed by atoms with Crippen LogP contribution in [0.1, 0.15) is 34.7 Å². The fourth-order valence-electron chi connectivity index (χ4n) is 5.98. The molecule has 1 amide bonds. The van der Waals surface area contributed by atoms with Gasteiger partial charge in [-0.15, -0.1) is 0 Å². The number of amides is 1. The van der Waals surface area contributed by atoms with Gasteiger partial charge in [0.2, 0.25) is 5.72 Å². The molecular formula is C36H27ClN2O2. The Morgan fingerprint density at radius 3 is 2.00 bits per heavy atom. The molecule has 0 unspecified atom stereocenters. The van der Waals surface area contributed by atoms with Crippen molar-refractivity contribution in [3.8, 4) is 0 Å². The normalized spacial score (nSPS) is 19.9. The van der Waals surface area contributed by atoms with Crippen molar-refractivity contribution in [2.45, 2.75) is 18.2 Å². The van der Waals surface area contributed by atoms with Crippen LogP contribution in [0.5, 0.6) is 0 Å². The molecule has 200 valence electrons. The molecule has 0 radical (unpaired) electrons. The molecule has 0 fully saturated rings. The minimum absolute atomic E-state index is 0.126. The molecule has 0 saturated heterocycles. The molecule has 5 heteroatoms. The minimum Gasteiger partial charge on any atom is -0.462 e. The summed E-state index contributed by atoms with van der Waals surface area (Å²) >= 11 is 6.79. The van der Waals surface area contributed by atoms with Gasteiger partial charge in [-0.25, -0.2) is 0 Å². The summed E-state index contributed by atoms with van der Waals surface area (Å²) in [7, 11) is 0. The van der Waals surface area contributed by atoms with E-state index in [1.165, 1.54) is 0 Å². The number of ether oxygens (including phenoxy) is 1. The highest BCUT2D eigenvalue weighted by Gasteiger charge is 2.54. The number of carbonyl (C=O) groups excluding carboxylic acids is 1. The van der Waals surface area contributed by atoms with Crippen molar-refractivity contribution in [1.82, 2.24) is 0 Å². The molecule has 1 N–H and O–H groups in total. The third-order valence-electron chi connectivity index (χ3n) is 7.84. The number of benzene rings is 5. The molecule has 7 rings (SSSR count). The van der Waals surface area contributed by atoms with Crippen LogP contribution in [0.25, 0.3) is 11.3 Å². The average Bonchev–Trinajstić information content (AvgIpc) is 3.18. The smallest absolute Gasteiger partial charge is 0.266 e. The summed E-state index contributed by atoms with van der Waals surface area (Å²) in [4.78, 5) is 16.9. The predicted molar refractivity (Wildman–Crippen MR) is 165 cm³/mol. The molecule has 0 aliphatic carbocycles. The van der Waals surface area contributed by atoms with Crippen LogP contribution < -0.4 is 10.2 Å². The second-order valence-corrected chi connectivity index (χ2v) is 10.7. The highest BCUT2D eigenvalue weighted by molar-refractivity contribution is 6.33. The number of carbonyl (C=O) groups is 1. The fraction of sp³-hybridized carbons (Fsp3) is 0.0833. The van der Waals surface area contributed by atoms with E-state index in [1.807, 2.05) is 144 Å². The third kappa shape index (κ3) is 4.28. The zero-order valence-corrected chi connectivity index (χ0v) is 23.0. The lowest BCUT2D eigenvalue weighted by molar-refractivity contribution is -0.120. The second-order valence-electron chi connectivity index (χ2n) is 10.3. The standard InChI is InChI=1S/C36H27ClN2O2/c37-29-21-11-10-20-28(29)31-24-36(27-18-8-3-9-19-27)39(32-23-13-12-22-30(32)38-31)35(40)33(25-14-4-1-5-15-25)34(41-36)26-16-6-2-7-17-26/h1-23,31,38H,24H2/t31-,36-/m1/s1. The van der Waals surface area contributed by atoms with Gasteiger partial charge < -0.3 is 10.1 Å². The summed E-state index contributed by atoms with van der Waals surface area (Å²) in [5, 5.41) is 4.38. The summed E-state index contributed by atoms with van der Waals surface area (Å²) in [6.07, 6.45) is 0.416. The zero-order valence-electron chi connectivity index (χ0n) is 22.2. The second kappa shape index (κ2) is 10.3. The van der Waals surface area contributed by atoms with E-state index in [4.69, 9.17) is 16.3 Å². The Morgan fingerprint density at radius 1 is 0.707 bits per heavy atom. The number of fused-ring (bicyclic) bond motifs is 3. The van der Waals surface area contributed by atoms with Gasteiger partial charge in [-0.3, -0.25) is 9.69 Å². The molecule has 2 aliphatic rings. The fourth-order valence-corrected chi connectivity index (χ4v) is 6.25. The lowest BCUT2D eigenvalue weighted by Crippen LogP contribution is -2.55. The van der Waals surface area contributed by atoms with E-state index in [2.05, 4.69) is 5.32 Å². The van der Waals surface area contributed by atoms with Crippen LogP contribution in [-0.2, 0) is 15.3 Å². The molecule has 5 aromatic carbocycles. The van der Waals surface area contributed by atoms with Crippen molar-refractivity contribution in [2.75, 3.05) is 10.2 Å². The van der Waals surface area contributed by atoms with E-state index in [0.29, 0.717) is 22.8 Å². The SMILES string of the molecule is O=C1C(c2ccccc2)=C(c2ccccc2)O[C@@]2(c3ccccc3)C[C@H](c3ccccc3Cl)Nc3ccccc3N12. The van der Waals surface area contributed by atoms with Crippen LogP contribution in [0, 0.1) is 0 Å². The van der Waals surface area contributed by atoms with Crippen LogP contribution in [0.2, 0.25) is 5.02 Å². The zero-order chi connectivity index (χ0) is 27.8. The number of nitrogens with zero attached hydrogens (tertiary/aromatic N) is 1. The van der Waals surface area contributed by atoms with Gasteiger partial charge in [0.25, 0.3) is 5.91 Å². The van der Waals surface area contributed by atoms with Gasteiger partial charge in [-0.05, 0) is 29.3 Å². The van der Waals surface area contributed by atoms with Gasteiger partial charge in [-0.2, -0.15) is 0 Å². The van der Waals surface area contributed by atoms with Gasteiger partial charge in [0, 0.05) is 22.6 Å². The Kier molecular flexibility index (Phi) is 6.33. The Morgan fingerprint density at radius 2 is 1.29 bits per heavy atom. The number of para-hydroxylation sites is 2. The summed E-state index contributed by atoms with van der Waals surface area (Å²) in [5.74, 6) is 0.429. The number of halogens is 1. The quantitative estimate of drug-likeness (QED) is 0.241. The maximum Gasteiger partial charge on any atom is 0.266 e. The first-order valence-corrected chi connectivity index (χ1v) is 14.1. The van der Waals surface area contributed by atoms with Gasteiger partial charge in [0.15, 0.2) is 0 Å². The van der Waals surface area contributed by atoms with Gasteiger partial charge in [-0.1, -0.05) is 133 Å². The van der Waals surface area contributed by atoms with Crippen molar-refractivity contribution < 1.29 is 9.53 Å². The van der Waals surface area contributed by atoms with Gasteiger partial charge in [0.1, 0.15) is 5.76 Å². The Balaban J connectivity index is 1.55. The molecule has 41 heavy (non-hydrogen) atoms. The molecule has 0 aromatic heterocycles. The number of anilines is 2. The predicted octanol–water partition coefficient (Wildman–Crippen LogP) is 8.68. The van der Waals surface area contributed by atoms with Crippen LogP contribution in [0.15, 0.2) is 140 Å². The summed E-state index contributed by atoms with van der Waals surface area (Å²) in [5.41, 5.74) is 4.39. The number of hydrogen-bond donors (Lipinski definition) is 1. The number of nitrogens with one attached hydrogen (secondary N) is 1. The summed E-state index contributed by atoms with van der Waals surface area (Å²) < 4.78 is 7.32. The largest absolute Gasteiger partial charge is 0.462 e. The Hall–Kier alpha value is -4.80. The molecule has 5 aromatic rings. The van der Waals surface area contributed by atoms with E-state index in [9.17, 15) is 0 Å². The molecule has 0 saturated carbocycles. The van der Waals surface area contributed by atoms with E-state index < -0.39 is 5.72 Å². The van der Waals surface area contributed by atoms with Crippen LogP contribution in [0.4, 0.5) is 11.4 Å². The van der Waals surface area contributed by atoms with E-state index >= 15 is 4.79 Å². The number of hydrogen-bond acceptors (Lipinski definition) is 3. The van der Waals surface area contributed by atoms with Crippen molar-refractivity contribution in [3.05, 3.63) is 167 Å². The molecule has 0 bridgehead atoms. The minimum atomic E-state index is -1.18. The van der Waals surface area contributed by atoms with E-state index in [-0.39, 0.29) is 11.9 Å². The van der Waals surface area contributed by atoms with Crippen molar-refractivity contribution in [2.24, 2.45) is 0 Å². The molecule has 2 heterocycles. The van der Waals surface area contributed by atoms with E-state index in [0.717, 1.165) is 33.6 Å². The maximum atomic E-state index is 15.1. The number of rotatable bonds is 4. The van der Waals surface area contributed by atoms with Gasteiger partial charge >= 0.3 is 0 Å². The molecular weight excluding hydrogens is 528 g/mol. The van der Waals surface area contributed by atoms with Crippen LogP contribution in [-0.4, -0.2) is 5.91 Å². The van der Waals surface area contributed by atoms with E-state index in [1.54, 1.807) is 0 Å². The molecule has 4 nitrogen and oxygen atoms in total. The highest BCUT2D eigenvalue weighted by atomic mass is 35.5. The van der Waals surface area contributed by atoms with Crippen molar-refractivity contribution in [3.63, 3.8) is 0 Å². The van der Waals surface area contributed by atoms with Crippen molar-refractivity contribution >= 4 is 40.2 Å². The topological polar surface area (TPSA) is 41.6 Å². The molecule has 2 aliphatic heterocycles. The van der Waals surface area contributed by atoms with Crippen LogP contribution in [0.3, 0.4) is 0 Å². The summed E-state index contributed by atoms with van der Waals surface area (Å²) in [6.45, 7) is 0. The first kappa shape index (κ1) is 25.2. The highest BCUT2D eigenvalue weighted by Crippen LogP contribution is 2.54. The lowest BCUT2D eigenvalue weighted by Gasteiger charge is -2.48.